The van der Waals surface area contributed by atoms with E-state index in [0.29, 0.717) is 17.4 Å². The van der Waals surface area contributed by atoms with E-state index in [9.17, 15) is 4.79 Å². The molecule has 0 spiro atoms. The molecule has 3 aliphatic carbocycles. The van der Waals surface area contributed by atoms with Crippen molar-refractivity contribution < 1.29 is 9.53 Å². The van der Waals surface area contributed by atoms with Crippen LogP contribution in [0, 0.1) is 17.3 Å². The third-order valence-electron chi connectivity index (χ3n) is 5.69. The second-order valence-corrected chi connectivity index (χ2v) is 6.75. The second kappa shape index (κ2) is 4.09. The molecule has 102 valence electrons. The van der Waals surface area contributed by atoms with Gasteiger partial charge >= 0.3 is 5.97 Å². The molecule has 3 saturated carbocycles. The van der Waals surface area contributed by atoms with Crippen molar-refractivity contribution in [3.63, 3.8) is 0 Å². The van der Waals surface area contributed by atoms with Gasteiger partial charge in [-0.05, 0) is 43.2 Å². The van der Waals surface area contributed by atoms with Gasteiger partial charge in [-0.3, -0.25) is 0 Å². The van der Waals surface area contributed by atoms with Gasteiger partial charge in [-0.1, -0.05) is 39.0 Å². The summed E-state index contributed by atoms with van der Waals surface area (Å²) in [5.41, 5.74) is 0.534. The molecule has 2 nitrogen and oxygen atoms in total. The summed E-state index contributed by atoms with van der Waals surface area (Å²) in [7, 11) is 0. The lowest BCUT2D eigenvalue weighted by Gasteiger charge is -2.66. The molecule has 2 bridgehead atoms. The molecule has 0 saturated heterocycles. The maximum Gasteiger partial charge on any atom is 0.338 e. The number of benzene rings is 1. The topological polar surface area (TPSA) is 26.3 Å². The number of ether oxygens (including phenoxy) is 1. The average molecular weight is 258 g/mol. The summed E-state index contributed by atoms with van der Waals surface area (Å²) >= 11 is 0. The summed E-state index contributed by atoms with van der Waals surface area (Å²) in [6.45, 7) is 6.75. The van der Waals surface area contributed by atoms with E-state index in [4.69, 9.17) is 4.74 Å². The molecule has 0 amide bonds. The predicted molar refractivity (Wildman–Crippen MR) is 74.9 cm³/mol. The number of esters is 1. The number of rotatable bonds is 2. The molecule has 0 aliphatic heterocycles. The molecule has 0 aromatic heterocycles. The van der Waals surface area contributed by atoms with Crippen LogP contribution in [0.4, 0.5) is 0 Å². The third kappa shape index (κ3) is 1.65. The number of hydrogen-bond acceptors (Lipinski definition) is 2. The molecule has 1 aromatic carbocycles. The number of carbonyl (C=O) groups excluding carboxylic acids is 1. The summed E-state index contributed by atoms with van der Waals surface area (Å²) in [6.07, 6.45) is 3.49. The fraction of sp³-hybridized carbons (Fsp3) is 0.588. The van der Waals surface area contributed by atoms with Crippen LogP contribution in [0.2, 0.25) is 0 Å². The summed E-state index contributed by atoms with van der Waals surface area (Å²) in [6, 6.07) is 9.34. The van der Waals surface area contributed by atoms with Gasteiger partial charge in [0.15, 0.2) is 0 Å². The van der Waals surface area contributed by atoms with E-state index >= 15 is 0 Å². The van der Waals surface area contributed by atoms with Crippen molar-refractivity contribution in [2.75, 3.05) is 0 Å². The van der Waals surface area contributed by atoms with Crippen LogP contribution >= 0.6 is 0 Å². The van der Waals surface area contributed by atoms with Crippen molar-refractivity contribution in [1.29, 1.82) is 0 Å². The van der Waals surface area contributed by atoms with E-state index in [-0.39, 0.29) is 17.0 Å². The molecule has 0 N–H and O–H groups in total. The highest BCUT2D eigenvalue weighted by Gasteiger charge is 2.67. The first kappa shape index (κ1) is 12.7. The Labute approximate surface area is 115 Å². The molecule has 1 aromatic rings. The van der Waals surface area contributed by atoms with Crippen LogP contribution in [-0.2, 0) is 4.74 Å². The normalized spacial score (nSPS) is 35.3. The van der Waals surface area contributed by atoms with Crippen molar-refractivity contribution in [3.8, 4) is 0 Å². The fourth-order valence-electron chi connectivity index (χ4n) is 4.15. The highest BCUT2D eigenvalue weighted by molar-refractivity contribution is 5.89. The Morgan fingerprint density at radius 3 is 2.47 bits per heavy atom. The van der Waals surface area contributed by atoms with Crippen molar-refractivity contribution in [2.45, 2.75) is 45.6 Å². The van der Waals surface area contributed by atoms with Gasteiger partial charge in [0.2, 0.25) is 0 Å². The lowest BCUT2D eigenvalue weighted by atomic mass is 9.42. The maximum atomic E-state index is 12.4. The minimum atomic E-state index is -0.247. The van der Waals surface area contributed by atoms with E-state index in [2.05, 4.69) is 20.8 Å². The summed E-state index contributed by atoms with van der Waals surface area (Å²) in [5.74, 6) is 1.01. The number of fused-ring (bicyclic) bond motifs is 2. The van der Waals surface area contributed by atoms with E-state index < -0.39 is 0 Å². The highest BCUT2D eigenvalue weighted by atomic mass is 16.6. The molecular formula is C17H22O2. The van der Waals surface area contributed by atoms with Crippen molar-refractivity contribution in [2.24, 2.45) is 17.3 Å². The molecular weight excluding hydrogens is 236 g/mol. The molecule has 3 aliphatic rings. The molecule has 19 heavy (non-hydrogen) atoms. The zero-order valence-corrected chi connectivity index (χ0v) is 12.0. The number of hydrogen-bond donors (Lipinski definition) is 0. The number of carbonyl (C=O) groups is 1. The van der Waals surface area contributed by atoms with Crippen LogP contribution < -0.4 is 0 Å². The first-order valence-electron chi connectivity index (χ1n) is 7.26. The summed E-state index contributed by atoms with van der Waals surface area (Å²) in [5, 5.41) is 0. The monoisotopic (exact) mass is 258 g/mol. The van der Waals surface area contributed by atoms with Crippen LogP contribution in [0.1, 0.15) is 50.4 Å². The Hall–Kier alpha value is -1.31. The molecule has 0 heterocycles. The van der Waals surface area contributed by atoms with Crippen molar-refractivity contribution >= 4 is 5.97 Å². The first-order chi connectivity index (χ1) is 8.97. The standard InChI is InChI=1S/C17H22O2/c1-12-9-10-14-11-17(12,16(14,2)3)19-15(18)13-7-5-4-6-8-13/h4-8,12,14H,9-11H2,1-3H3. The quantitative estimate of drug-likeness (QED) is 0.748. The first-order valence-corrected chi connectivity index (χ1v) is 7.26. The molecule has 3 atom stereocenters. The Morgan fingerprint density at radius 1 is 1.21 bits per heavy atom. The second-order valence-electron chi connectivity index (χ2n) is 6.75. The van der Waals surface area contributed by atoms with Crippen LogP contribution in [-0.4, -0.2) is 11.6 Å². The summed E-state index contributed by atoms with van der Waals surface area (Å²) in [4.78, 5) is 12.4. The van der Waals surface area contributed by atoms with E-state index in [1.807, 2.05) is 30.3 Å². The van der Waals surface area contributed by atoms with Gasteiger partial charge in [0.25, 0.3) is 0 Å². The van der Waals surface area contributed by atoms with Crippen LogP contribution in [0.25, 0.3) is 0 Å². The van der Waals surface area contributed by atoms with E-state index in [0.717, 1.165) is 6.42 Å². The van der Waals surface area contributed by atoms with Crippen LogP contribution in [0.5, 0.6) is 0 Å². The van der Waals surface area contributed by atoms with Crippen LogP contribution in [0.15, 0.2) is 30.3 Å². The van der Waals surface area contributed by atoms with Crippen LogP contribution in [0.3, 0.4) is 0 Å². The average Bonchev–Trinajstić information content (AvgIpc) is 2.41. The van der Waals surface area contributed by atoms with Gasteiger partial charge in [-0.15, -0.1) is 0 Å². The fourth-order valence-corrected chi connectivity index (χ4v) is 4.15. The maximum absolute atomic E-state index is 12.4. The lowest BCUT2D eigenvalue weighted by Crippen LogP contribution is -2.68. The molecule has 3 unspecified atom stereocenters. The summed E-state index contributed by atoms with van der Waals surface area (Å²) < 4.78 is 6.02. The van der Waals surface area contributed by atoms with Gasteiger partial charge < -0.3 is 4.74 Å². The largest absolute Gasteiger partial charge is 0.455 e. The molecule has 2 heteroatoms. The van der Waals surface area contributed by atoms with Crippen molar-refractivity contribution in [3.05, 3.63) is 35.9 Å². The van der Waals surface area contributed by atoms with E-state index in [1.165, 1.54) is 12.8 Å². The van der Waals surface area contributed by atoms with E-state index in [1.54, 1.807) is 0 Å². The van der Waals surface area contributed by atoms with Gasteiger partial charge in [0.1, 0.15) is 5.60 Å². The van der Waals surface area contributed by atoms with Crippen molar-refractivity contribution in [1.82, 2.24) is 0 Å². The minimum absolute atomic E-state index is 0.120. The molecule has 4 rings (SSSR count). The lowest BCUT2D eigenvalue weighted by molar-refractivity contribution is -0.250. The Morgan fingerprint density at radius 2 is 1.89 bits per heavy atom. The van der Waals surface area contributed by atoms with Gasteiger partial charge in [0, 0.05) is 5.41 Å². The third-order valence-corrected chi connectivity index (χ3v) is 5.69. The SMILES string of the molecule is CC1CCC2CC1(OC(=O)c1ccccc1)C2(C)C. The molecule has 0 radical (unpaired) electrons. The highest BCUT2D eigenvalue weighted by Crippen LogP contribution is 2.65. The zero-order valence-electron chi connectivity index (χ0n) is 12.0. The van der Waals surface area contributed by atoms with Gasteiger partial charge in [-0.2, -0.15) is 0 Å². The van der Waals surface area contributed by atoms with Gasteiger partial charge in [0.05, 0.1) is 5.56 Å². The Balaban J connectivity index is 1.84. The van der Waals surface area contributed by atoms with Gasteiger partial charge in [-0.25, -0.2) is 4.79 Å². The Kier molecular flexibility index (Phi) is 2.74. The zero-order chi connectivity index (χ0) is 13.7. The molecule has 3 fully saturated rings. The predicted octanol–water partition coefficient (Wildman–Crippen LogP) is 4.06. The minimum Gasteiger partial charge on any atom is -0.455 e. The smallest absolute Gasteiger partial charge is 0.338 e. The Bertz CT molecular complexity index is 491.